The van der Waals surface area contributed by atoms with Crippen LogP contribution in [0, 0.1) is 6.92 Å². The lowest BCUT2D eigenvalue weighted by Crippen LogP contribution is -2.16. The maximum absolute atomic E-state index is 11.6. The number of primary sulfonamides is 1. The van der Waals surface area contributed by atoms with E-state index in [0.717, 1.165) is 16.5 Å². The quantitative estimate of drug-likeness (QED) is 0.457. The van der Waals surface area contributed by atoms with Crippen molar-refractivity contribution >= 4 is 49.6 Å². The molecule has 0 aliphatic carbocycles. The Labute approximate surface area is 161 Å². The number of nitrogens with zero attached hydrogens (tertiary/aromatic N) is 3. The van der Waals surface area contributed by atoms with Crippen LogP contribution in [0.2, 0.25) is 0 Å². The van der Waals surface area contributed by atoms with Gasteiger partial charge < -0.3 is 15.0 Å². The Morgan fingerprint density at radius 2 is 1.96 bits per heavy atom. The zero-order valence-corrected chi connectivity index (χ0v) is 16.2. The Bertz CT molecular complexity index is 1180. The summed E-state index contributed by atoms with van der Waals surface area (Å²) < 4.78 is 24.9. The Balaban J connectivity index is 1.92. The third kappa shape index (κ3) is 3.82. The van der Waals surface area contributed by atoms with Crippen molar-refractivity contribution in [3.05, 3.63) is 48.0 Å². The fourth-order valence-corrected chi connectivity index (χ4v) is 3.52. The highest BCUT2D eigenvalue weighted by Gasteiger charge is 2.16. The standard InChI is InChI=1S/C17H17N5O3S2/c1-10-7-8-13-11(9-10)15(16(23)22(13)2)20-21-17(26)19-12-5-3-4-6-14(12)27(18,24)25/h3-9,23H,1-2H3,(H,19,26)(H2,18,24,25). The van der Waals surface area contributed by atoms with E-state index < -0.39 is 10.0 Å². The first-order valence-electron chi connectivity index (χ1n) is 7.81. The van der Waals surface area contributed by atoms with Gasteiger partial charge in [-0.05, 0) is 43.4 Å². The molecule has 2 aromatic carbocycles. The van der Waals surface area contributed by atoms with Gasteiger partial charge in [0.25, 0.3) is 0 Å². The molecule has 0 unspecified atom stereocenters. The summed E-state index contributed by atoms with van der Waals surface area (Å²) in [5.74, 6) is -0.0490. The molecule has 140 valence electrons. The van der Waals surface area contributed by atoms with Crippen molar-refractivity contribution in [2.24, 2.45) is 22.4 Å². The van der Waals surface area contributed by atoms with Gasteiger partial charge in [-0.3, -0.25) is 0 Å². The number of fused-ring (bicyclic) bond motifs is 1. The van der Waals surface area contributed by atoms with Crippen LogP contribution < -0.4 is 10.5 Å². The van der Waals surface area contributed by atoms with Crippen molar-refractivity contribution < 1.29 is 13.5 Å². The number of benzene rings is 2. The number of anilines is 1. The van der Waals surface area contributed by atoms with Gasteiger partial charge in [0.05, 0.1) is 11.2 Å². The average molecular weight is 403 g/mol. The summed E-state index contributed by atoms with van der Waals surface area (Å²) in [6.45, 7) is 1.93. The first-order chi connectivity index (χ1) is 12.7. The summed E-state index contributed by atoms with van der Waals surface area (Å²) in [5.41, 5.74) is 2.28. The molecule has 3 aromatic rings. The van der Waals surface area contributed by atoms with E-state index in [0.29, 0.717) is 0 Å². The predicted octanol–water partition coefficient (Wildman–Crippen LogP) is 3.32. The number of rotatable bonds is 3. The van der Waals surface area contributed by atoms with Gasteiger partial charge in [-0.25, -0.2) is 13.6 Å². The molecule has 1 aromatic heterocycles. The number of para-hydroxylation sites is 1. The number of aromatic nitrogens is 1. The molecule has 3 rings (SSSR count). The fraction of sp³-hybridized carbons (Fsp3) is 0.118. The van der Waals surface area contributed by atoms with Crippen molar-refractivity contribution in [1.29, 1.82) is 0 Å². The number of hydrogen-bond acceptors (Lipinski definition) is 5. The molecule has 27 heavy (non-hydrogen) atoms. The van der Waals surface area contributed by atoms with Gasteiger partial charge in [-0.1, -0.05) is 23.8 Å². The van der Waals surface area contributed by atoms with E-state index in [1.165, 1.54) is 12.1 Å². The molecule has 0 aliphatic heterocycles. The summed E-state index contributed by atoms with van der Waals surface area (Å²) >= 11 is 5.12. The van der Waals surface area contributed by atoms with E-state index >= 15 is 0 Å². The van der Waals surface area contributed by atoms with Crippen molar-refractivity contribution in [2.75, 3.05) is 5.32 Å². The number of aryl methyl sites for hydroxylation is 2. The maximum atomic E-state index is 11.6. The van der Waals surface area contributed by atoms with E-state index in [-0.39, 0.29) is 27.3 Å². The zero-order valence-electron chi connectivity index (χ0n) is 14.5. The molecule has 0 atom stereocenters. The Morgan fingerprint density at radius 3 is 2.67 bits per heavy atom. The number of azo groups is 1. The lowest BCUT2D eigenvalue weighted by molar-refractivity contribution is 0.436. The largest absolute Gasteiger partial charge is 0.493 e. The Kier molecular flexibility index (Phi) is 4.96. The highest BCUT2D eigenvalue weighted by molar-refractivity contribution is 7.89. The normalized spacial score (nSPS) is 12.0. The minimum Gasteiger partial charge on any atom is -0.493 e. The van der Waals surface area contributed by atoms with Crippen molar-refractivity contribution in [1.82, 2.24) is 4.57 Å². The van der Waals surface area contributed by atoms with Gasteiger partial charge in [0.15, 0.2) is 5.69 Å². The van der Waals surface area contributed by atoms with Crippen molar-refractivity contribution in [2.45, 2.75) is 11.8 Å². The predicted molar refractivity (Wildman–Crippen MR) is 108 cm³/mol. The highest BCUT2D eigenvalue weighted by atomic mass is 32.2. The van der Waals surface area contributed by atoms with E-state index in [2.05, 4.69) is 15.5 Å². The maximum Gasteiger partial charge on any atom is 0.240 e. The molecule has 0 amide bonds. The molecule has 0 radical (unpaired) electrons. The van der Waals surface area contributed by atoms with E-state index in [4.69, 9.17) is 17.4 Å². The molecule has 1 heterocycles. The smallest absolute Gasteiger partial charge is 0.240 e. The summed E-state index contributed by atoms with van der Waals surface area (Å²) in [5, 5.41) is 26.8. The molecule has 8 nitrogen and oxygen atoms in total. The van der Waals surface area contributed by atoms with Crippen LogP contribution in [-0.4, -0.2) is 23.2 Å². The molecule has 10 heteroatoms. The van der Waals surface area contributed by atoms with Gasteiger partial charge in [-0.15, -0.1) is 10.2 Å². The fourth-order valence-electron chi connectivity index (χ4n) is 2.68. The molecule has 0 saturated heterocycles. The molecule has 0 fully saturated rings. The minimum absolute atomic E-state index is 0.0490. The van der Waals surface area contributed by atoms with Crippen LogP contribution in [0.15, 0.2) is 57.6 Å². The van der Waals surface area contributed by atoms with Crippen LogP contribution in [0.3, 0.4) is 0 Å². The number of nitrogens with two attached hydrogens (primary N) is 1. The van der Waals surface area contributed by atoms with E-state index in [1.54, 1.807) is 23.7 Å². The first kappa shape index (κ1) is 19.0. The average Bonchev–Trinajstić information content (AvgIpc) is 2.83. The summed E-state index contributed by atoms with van der Waals surface area (Å²) in [7, 11) is -2.21. The molecule has 0 spiro atoms. The van der Waals surface area contributed by atoms with Crippen LogP contribution in [0.1, 0.15) is 5.56 Å². The highest BCUT2D eigenvalue weighted by Crippen LogP contribution is 2.38. The third-order valence-corrected chi connectivity index (χ3v) is 5.13. The van der Waals surface area contributed by atoms with Crippen LogP contribution in [0.4, 0.5) is 11.4 Å². The molecule has 0 saturated carbocycles. The van der Waals surface area contributed by atoms with Gasteiger partial charge in [-0.2, -0.15) is 0 Å². The molecule has 0 bridgehead atoms. The summed E-state index contributed by atoms with van der Waals surface area (Å²) in [4.78, 5) is -0.105. The summed E-state index contributed by atoms with van der Waals surface area (Å²) in [6, 6.07) is 11.7. The zero-order chi connectivity index (χ0) is 19.8. The van der Waals surface area contributed by atoms with Gasteiger partial charge >= 0.3 is 0 Å². The minimum atomic E-state index is -3.92. The van der Waals surface area contributed by atoms with E-state index in [1.807, 2.05) is 25.1 Å². The van der Waals surface area contributed by atoms with Crippen LogP contribution in [-0.2, 0) is 17.1 Å². The molecular weight excluding hydrogens is 386 g/mol. The van der Waals surface area contributed by atoms with Crippen LogP contribution >= 0.6 is 12.2 Å². The number of thiocarbonyl (C=S) groups is 1. The second-order valence-electron chi connectivity index (χ2n) is 5.92. The molecule has 4 N–H and O–H groups in total. The lowest BCUT2D eigenvalue weighted by Gasteiger charge is -2.08. The van der Waals surface area contributed by atoms with Gasteiger partial charge in [0.2, 0.25) is 21.0 Å². The van der Waals surface area contributed by atoms with E-state index in [9.17, 15) is 13.5 Å². The topological polar surface area (TPSA) is 122 Å². The second kappa shape index (κ2) is 7.06. The molecule has 0 aliphatic rings. The van der Waals surface area contributed by atoms with Gasteiger partial charge in [0, 0.05) is 12.4 Å². The number of hydrogen-bond donors (Lipinski definition) is 3. The van der Waals surface area contributed by atoms with Crippen molar-refractivity contribution in [3.8, 4) is 5.88 Å². The SMILES string of the molecule is Cc1ccc2c(c1)c(N=NC(=S)Nc1ccccc1S(N)(=O)=O)c(O)n2C. The summed E-state index contributed by atoms with van der Waals surface area (Å²) in [6.07, 6.45) is 0. The van der Waals surface area contributed by atoms with Crippen LogP contribution in [0.5, 0.6) is 5.88 Å². The van der Waals surface area contributed by atoms with Crippen molar-refractivity contribution in [3.63, 3.8) is 0 Å². The lowest BCUT2D eigenvalue weighted by atomic mass is 10.1. The van der Waals surface area contributed by atoms with Crippen LogP contribution in [0.25, 0.3) is 10.9 Å². The number of aromatic hydroxyl groups is 1. The Morgan fingerprint density at radius 1 is 1.26 bits per heavy atom. The monoisotopic (exact) mass is 403 g/mol. The number of nitrogens with one attached hydrogen (secondary N) is 1. The second-order valence-corrected chi connectivity index (χ2v) is 7.84. The third-order valence-electron chi connectivity index (χ3n) is 3.97. The van der Waals surface area contributed by atoms with Gasteiger partial charge in [0.1, 0.15) is 4.90 Å². The first-order valence-corrected chi connectivity index (χ1v) is 9.76. The number of sulfonamides is 1. The molecular formula is C17H17N5O3S2. The Hall–Kier alpha value is -2.82.